The van der Waals surface area contributed by atoms with Gasteiger partial charge in [0.25, 0.3) is 11.8 Å². The van der Waals surface area contributed by atoms with Crippen LogP contribution >= 0.6 is 0 Å². The average molecular weight is 322 g/mol. The third-order valence-electron chi connectivity index (χ3n) is 3.97. The van der Waals surface area contributed by atoms with Gasteiger partial charge in [-0.25, -0.2) is 0 Å². The highest BCUT2D eigenvalue weighted by molar-refractivity contribution is 6.12. The fourth-order valence-electron chi connectivity index (χ4n) is 2.93. The Morgan fingerprint density at radius 1 is 1.08 bits per heavy atom. The van der Waals surface area contributed by atoms with E-state index in [1.54, 1.807) is 43.3 Å². The molecule has 24 heavy (non-hydrogen) atoms. The number of aromatic nitrogens is 1. The predicted molar refractivity (Wildman–Crippen MR) is 92.5 cm³/mol. The van der Waals surface area contributed by atoms with Gasteiger partial charge >= 0.3 is 0 Å². The average Bonchev–Trinajstić information content (AvgIpc) is 2.87. The third kappa shape index (κ3) is 2.54. The minimum atomic E-state index is -0.540. The molecule has 5 heteroatoms. The number of ether oxygens (including phenoxy) is 1. The fourth-order valence-corrected chi connectivity index (χ4v) is 2.93. The van der Waals surface area contributed by atoms with Gasteiger partial charge in [0.05, 0.1) is 17.7 Å². The van der Waals surface area contributed by atoms with E-state index in [-0.39, 0.29) is 5.91 Å². The zero-order chi connectivity index (χ0) is 17.3. The van der Waals surface area contributed by atoms with Crippen molar-refractivity contribution in [3.05, 3.63) is 65.4 Å². The van der Waals surface area contributed by atoms with Crippen molar-refractivity contribution >= 4 is 22.7 Å². The Balaban J connectivity index is 2.13. The number of hydrogen-bond acceptors (Lipinski definition) is 3. The van der Waals surface area contributed by atoms with Gasteiger partial charge in [-0.05, 0) is 44.2 Å². The summed E-state index contributed by atoms with van der Waals surface area (Å²) in [5, 5.41) is 0.682. The lowest BCUT2D eigenvalue weighted by atomic mass is 10.1. The van der Waals surface area contributed by atoms with E-state index >= 15 is 0 Å². The van der Waals surface area contributed by atoms with Crippen molar-refractivity contribution in [3.8, 4) is 5.75 Å². The van der Waals surface area contributed by atoms with Crippen LogP contribution in [0.2, 0.25) is 0 Å². The van der Waals surface area contributed by atoms with E-state index in [9.17, 15) is 9.59 Å². The van der Waals surface area contributed by atoms with Crippen LogP contribution in [0.5, 0.6) is 5.75 Å². The zero-order valence-corrected chi connectivity index (χ0v) is 13.6. The van der Waals surface area contributed by atoms with Gasteiger partial charge in [0.15, 0.2) is 0 Å². The summed E-state index contributed by atoms with van der Waals surface area (Å²) in [5.74, 6) is -0.0397. The molecule has 5 nitrogen and oxygen atoms in total. The number of para-hydroxylation sites is 1. The smallest absolute Gasteiger partial charge is 0.262 e. The van der Waals surface area contributed by atoms with Crippen LogP contribution in [0.1, 0.15) is 33.3 Å². The van der Waals surface area contributed by atoms with Crippen molar-refractivity contribution in [2.45, 2.75) is 13.8 Å². The van der Waals surface area contributed by atoms with Gasteiger partial charge in [-0.3, -0.25) is 14.2 Å². The molecule has 0 atom stereocenters. The molecule has 0 saturated heterocycles. The standard InChI is InChI=1S/C19H18N2O3/c1-3-24-14-10-8-13(9-11-14)19(23)21-12(2)17(18(20)22)15-6-4-5-7-16(15)21/h4-11H,3H2,1-2H3,(H2,20,22). The number of hydrogen-bond donors (Lipinski definition) is 1. The molecule has 0 radical (unpaired) electrons. The lowest BCUT2D eigenvalue weighted by molar-refractivity contribution is 0.0963. The molecule has 0 unspecified atom stereocenters. The van der Waals surface area contributed by atoms with Crippen LogP contribution in [0.25, 0.3) is 10.9 Å². The molecule has 2 N–H and O–H groups in total. The van der Waals surface area contributed by atoms with Crippen molar-refractivity contribution in [1.82, 2.24) is 4.57 Å². The van der Waals surface area contributed by atoms with Gasteiger partial charge in [-0.2, -0.15) is 0 Å². The SMILES string of the molecule is CCOc1ccc(C(=O)n2c(C)c(C(N)=O)c3ccccc32)cc1. The Kier molecular flexibility index (Phi) is 4.08. The van der Waals surface area contributed by atoms with Crippen LogP contribution in [0.4, 0.5) is 0 Å². The van der Waals surface area contributed by atoms with Crippen LogP contribution in [0.15, 0.2) is 48.5 Å². The third-order valence-corrected chi connectivity index (χ3v) is 3.97. The molecule has 0 aliphatic heterocycles. The first kappa shape index (κ1) is 15.8. The summed E-state index contributed by atoms with van der Waals surface area (Å²) < 4.78 is 6.93. The van der Waals surface area contributed by atoms with Crippen LogP contribution in [0.3, 0.4) is 0 Å². The quantitative estimate of drug-likeness (QED) is 0.802. The second kappa shape index (κ2) is 6.20. The summed E-state index contributed by atoms with van der Waals surface area (Å²) in [6, 6.07) is 14.2. The molecule has 3 aromatic rings. The Morgan fingerprint density at radius 3 is 2.38 bits per heavy atom. The fraction of sp³-hybridized carbons (Fsp3) is 0.158. The van der Waals surface area contributed by atoms with Crippen LogP contribution in [0, 0.1) is 6.92 Å². The number of benzene rings is 2. The largest absolute Gasteiger partial charge is 0.494 e. The maximum absolute atomic E-state index is 13.0. The molecule has 0 spiro atoms. The van der Waals surface area contributed by atoms with Crippen LogP contribution < -0.4 is 10.5 Å². The Morgan fingerprint density at radius 2 is 1.75 bits per heavy atom. The summed E-state index contributed by atoms with van der Waals surface area (Å²) >= 11 is 0. The highest BCUT2D eigenvalue weighted by Crippen LogP contribution is 2.26. The summed E-state index contributed by atoms with van der Waals surface area (Å²) in [5.41, 5.74) is 7.61. The second-order valence-electron chi connectivity index (χ2n) is 5.44. The molecule has 3 rings (SSSR count). The first-order valence-corrected chi connectivity index (χ1v) is 7.72. The second-order valence-corrected chi connectivity index (χ2v) is 5.44. The first-order chi connectivity index (χ1) is 11.5. The topological polar surface area (TPSA) is 74.3 Å². The van der Waals surface area contributed by atoms with Gasteiger partial charge in [-0.1, -0.05) is 18.2 Å². The lowest BCUT2D eigenvalue weighted by Crippen LogP contribution is -2.16. The lowest BCUT2D eigenvalue weighted by Gasteiger charge is -2.08. The van der Waals surface area contributed by atoms with E-state index in [1.165, 1.54) is 4.57 Å². The summed E-state index contributed by atoms with van der Waals surface area (Å²) in [6.45, 7) is 4.20. The number of fused-ring (bicyclic) bond motifs is 1. The molecular weight excluding hydrogens is 304 g/mol. The highest BCUT2D eigenvalue weighted by atomic mass is 16.5. The summed E-state index contributed by atoms with van der Waals surface area (Å²) in [4.78, 5) is 24.8. The Bertz CT molecular complexity index is 924. The molecule has 0 aliphatic rings. The predicted octanol–water partition coefficient (Wildman–Crippen LogP) is 3.14. The molecule has 0 aliphatic carbocycles. The van der Waals surface area contributed by atoms with Crippen molar-refractivity contribution in [2.24, 2.45) is 5.73 Å². The van der Waals surface area contributed by atoms with E-state index in [2.05, 4.69) is 0 Å². The van der Waals surface area contributed by atoms with Gasteiger partial charge in [0.1, 0.15) is 5.75 Å². The van der Waals surface area contributed by atoms with Crippen LogP contribution in [-0.4, -0.2) is 23.0 Å². The molecule has 1 heterocycles. The monoisotopic (exact) mass is 322 g/mol. The minimum Gasteiger partial charge on any atom is -0.494 e. The number of carbonyl (C=O) groups is 2. The number of nitrogens with zero attached hydrogens (tertiary/aromatic N) is 1. The molecule has 2 aromatic carbocycles. The van der Waals surface area contributed by atoms with Gasteiger partial charge in [0, 0.05) is 16.6 Å². The van der Waals surface area contributed by atoms with Crippen molar-refractivity contribution in [2.75, 3.05) is 6.61 Å². The van der Waals surface area contributed by atoms with E-state index in [1.807, 2.05) is 19.1 Å². The molecule has 0 fully saturated rings. The number of nitrogens with two attached hydrogens (primary N) is 1. The van der Waals surface area contributed by atoms with Gasteiger partial charge in [0.2, 0.25) is 0 Å². The highest BCUT2D eigenvalue weighted by Gasteiger charge is 2.22. The molecule has 122 valence electrons. The number of amides is 1. The molecule has 0 saturated carbocycles. The molecule has 1 aromatic heterocycles. The van der Waals surface area contributed by atoms with E-state index < -0.39 is 5.91 Å². The number of rotatable bonds is 4. The summed E-state index contributed by atoms with van der Waals surface area (Å²) in [6.07, 6.45) is 0. The van der Waals surface area contributed by atoms with Gasteiger partial charge < -0.3 is 10.5 Å². The normalized spacial score (nSPS) is 10.8. The maximum atomic E-state index is 13.0. The van der Waals surface area contributed by atoms with Crippen LogP contribution in [-0.2, 0) is 0 Å². The zero-order valence-electron chi connectivity index (χ0n) is 13.6. The van der Waals surface area contributed by atoms with E-state index in [0.717, 1.165) is 0 Å². The number of carbonyl (C=O) groups excluding carboxylic acids is 2. The first-order valence-electron chi connectivity index (χ1n) is 7.72. The molecular formula is C19H18N2O3. The Hall–Kier alpha value is -3.08. The minimum absolute atomic E-state index is 0.209. The number of primary amides is 1. The van der Waals surface area contributed by atoms with Crippen molar-refractivity contribution in [3.63, 3.8) is 0 Å². The molecule has 1 amide bonds. The van der Waals surface area contributed by atoms with E-state index in [0.29, 0.717) is 40.1 Å². The maximum Gasteiger partial charge on any atom is 0.262 e. The summed E-state index contributed by atoms with van der Waals surface area (Å²) in [7, 11) is 0. The molecule has 0 bridgehead atoms. The Labute approximate surface area is 139 Å². The van der Waals surface area contributed by atoms with E-state index in [4.69, 9.17) is 10.5 Å². The van der Waals surface area contributed by atoms with Gasteiger partial charge in [-0.15, -0.1) is 0 Å². The van der Waals surface area contributed by atoms with Crippen molar-refractivity contribution in [1.29, 1.82) is 0 Å². The van der Waals surface area contributed by atoms with Crippen molar-refractivity contribution < 1.29 is 14.3 Å².